The van der Waals surface area contributed by atoms with Crippen LogP contribution in [-0.2, 0) is 0 Å². The Hall–Kier alpha value is 0.367. The van der Waals surface area contributed by atoms with Gasteiger partial charge in [0.2, 0.25) is 0 Å². The maximum Gasteiger partial charge on any atom is 0.261 e. The smallest absolute Gasteiger partial charge is 0.261 e. The van der Waals surface area contributed by atoms with Crippen LogP contribution in [0.15, 0.2) is 0 Å². The molecule has 0 N–H and O–H groups in total. The van der Waals surface area contributed by atoms with Crippen LogP contribution in [0.25, 0.3) is 0 Å². The molecule has 2 atom stereocenters. The van der Waals surface area contributed by atoms with Crippen molar-refractivity contribution < 1.29 is 4.11 Å². The maximum atomic E-state index is 13.6. The van der Waals surface area contributed by atoms with Crippen LogP contribution in [0.5, 0.6) is 0 Å². The standard InChI is InChI=1S/C7H13FINSi/c1-6(9)7(2,5-10)11(3,4)8/h6H,1-4H3. The third-order valence-electron chi connectivity index (χ3n) is 2.26. The van der Waals surface area contributed by atoms with Gasteiger partial charge in [-0.1, -0.05) is 29.5 Å². The van der Waals surface area contributed by atoms with Crippen LogP contribution in [0.1, 0.15) is 13.8 Å². The highest BCUT2D eigenvalue weighted by Crippen LogP contribution is 2.44. The Morgan fingerprint density at radius 2 is 2.00 bits per heavy atom. The van der Waals surface area contributed by atoms with Crippen LogP contribution in [0, 0.1) is 11.3 Å². The molecule has 0 fully saturated rings. The molecule has 4 heteroatoms. The van der Waals surface area contributed by atoms with E-state index in [4.69, 9.17) is 5.26 Å². The lowest BCUT2D eigenvalue weighted by atomic mass is 10.1. The summed E-state index contributed by atoms with van der Waals surface area (Å²) in [7, 11) is -2.84. The fourth-order valence-corrected chi connectivity index (χ4v) is 4.27. The Morgan fingerprint density at radius 1 is 1.64 bits per heavy atom. The maximum absolute atomic E-state index is 13.6. The predicted molar refractivity (Wildman–Crippen MR) is 56.1 cm³/mol. The number of nitrogens with zero attached hydrogens (tertiary/aromatic N) is 1. The van der Waals surface area contributed by atoms with Crippen molar-refractivity contribution in [1.29, 1.82) is 5.26 Å². The van der Waals surface area contributed by atoms with Gasteiger partial charge in [0.05, 0.1) is 11.1 Å². The molecule has 64 valence electrons. The quantitative estimate of drug-likeness (QED) is 0.330. The van der Waals surface area contributed by atoms with Gasteiger partial charge in [0.25, 0.3) is 8.41 Å². The van der Waals surface area contributed by atoms with Crippen LogP contribution < -0.4 is 0 Å². The first-order valence-electron chi connectivity index (χ1n) is 3.50. The second-order valence-corrected chi connectivity index (χ2v) is 9.25. The lowest BCUT2D eigenvalue weighted by Gasteiger charge is -2.32. The molecule has 2 unspecified atom stereocenters. The van der Waals surface area contributed by atoms with Crippen molar-refractivity contribution in [2.75, 3.05) is 0 Å². The normalized spacial score (nSPS) is 20.1. The van der Waals surface area contributed by atoms with Gasteiger partial charge in [-0.15, -0.1) is 0 Å². The largest absolute Gasteiger partial charge is 0.313 e. The molecule has 0 aromatic carbocycles. The highest BCUT2D eigenvalue weighted by Gasteiger charge is 2.48. The third-order valence-corrected chi connectivity index (χ3v) is 7.11. The topological polar surface area (TPSA) is 23.8 Å². The van der Waals surface area contributed by atoms with E-state index in [2.05, 4.69) is 28.7 Å². The number of hydrogen-bond donors (Lipinski definition) is 0. The van der Waals surface area contributed by atoms with Gasteiger partial charge in [-0.3, -0.25) is 0 Å². The van der Waals surface area contributed by atoms with E-state index in [1.54, 1.807) is 20.0 Å². The summed E-state index contributed by atoms with van der Waals surface area (Å²) < 4.78 is 13.7. The first kappa shape index (κ1) is 11.4. The Morgan fingerprint density at radius 3 is 2.00 bits per heavy atom. The van der Waals surface area contributed by atoms with Crippen LogP contribution in [0.2, 0.25) is 18.1 Å². The predicted octanol–water partition coefficient (Wildman–Crippen LogP) is 3.27. The Bertz CT molecular complexity index is 182. The molecule has 0 spiro atoms. The molecule has 0 aliphatic heterocycles. The number of hydrogen-bond acceptors (Lipinski definition) is 1. The lowest BCUT2D eigenvalue weighted by Crippen LogP contribution is -2.40. The number of rotatable bonds is 2. The monoisotopic (exact) mass is 285 g/mol. The summed E-state index contributed by atoms with van der Waals surface area (Å²) in [5.41, 5.74) is 0. The molecule has 0 aromatic heterocycles. The van der Waals surface area contributed by atoms with E-state index >= 15 is 0 Å². The summed E-state index contributed by atoms with van der Waals surface area (Å²) in [6.45, 7) is 6.78. The summed E-state index contributed by atoms with van der Waals surface area (Å²) in [5, 5.41) is 8.07. The zero-order valence-electron chi connectivity index (χ0n) is 7.28. The molecule has 0 aliphatic carbocycles. The molecule has 0 heterocycles. The van der Waals surface area contributed by atoms with E-state index in [1.165, 1.54) is 0 Å². The molecule has 0 aliphatic rings. The summed E-state index contributed by atoms with van der Waals surface area (Å²) in [4.78, 5) is 0. The van der Waals surface area contributed by atoms with Crippen molar-refractivity contribution in [2.45, 2.75) is 35.9 Å². The van der Waals surface area contributed by atoms with Crippen molar-refractivity contribution in [2.24, 2.45) is 0 Å². The highest BCUT2D eigenvalue weighted by atomic mass is 127. The fourth-order valence-electron chi connectivity index (χ4n) is 0.695. The average molecular weight is 285 g/mol. The Kier molecular flexibility index (Phi) is 3.51. The zero-order chi connectivity index (χ0) is 9.28. The average Bonchev–Trinajstić information content (AvgIpc) is 1.83. The highest BCUT2D eigenvalue weighted by molar-refractivity contribution is 14.1. The van der Waals surface area contributed by atoms with Crippen LogP contribution >= 0.6 is 22.6 Å². The van der Waals surface area contributed by atoms with E-state index in [9.17, 15) is 4.11 Å². The van der Waals surface area contributed by atoms with Gasteiger partial charge < -0.3 is 4.11 Å². The van der Waals surface area contributed by atoms with Gasteiger partial charge >= 0.3 is 0 Å². The Balaban J connectivity index is 4.80. The van der Waals surface area contributed by atoms with E-state index in [0.717, 1.165) is 0 Å². The number of alkyl halides is 1. The van der Waals surface area contributed by atoms with Gasteiger partial charge in [0, 0.05) is 3.92 Å². The summed E-state index contributed by atoms with van der Waals surface area (Å²) in [6.07, 6.45) is 0. The van der Waals surface area contributed by atoms with Gasteiger partial charge in [0.15, 0.2) is 0 Å². The zero-order valence-corrected chi connectivity index (χ0v) is 10.4. The molecule has 1 nitrogen and oxygen atoms in total. The van der Waals surface area contributed by atoms with Crippen molar-refractivity contribution in [1.82, 2.24) is 0 Å². The van der Waals surface area contributed by atoms with E-state index < -0.39 is 13.4 Å². The first-order chi connectivity index (χ1) is 4.75. The molecule has 0 aromatic rings. The summed E-state index contributed by atoms with van der Waals surface area (Å²) in [5.74, 6) is 0. The number of halogens is 2. The molecular formula is C7H13FINSi. The van der Waals surface area contributed by atoms with E-state index in [-0.39, 0.29) is 3.92 Å². The fraction of sp³-hybridized carbons (Fsp3) is 0.857. The first-order valence-corrected chi connectivity index (χ1v) is 7.62. The Labute approximate surface area is 82.3 Å². The van der Waals surface area contributed by atoms with Gasteiger partial charge in [-0.25, -0.2) is 0 Å². The summed E-state index contributed by atoms with van der Waals surface area (Å²) >= 11 is 2.12. The molecule has 0 radical (unpaired) electrons. The molecule has 0 saturated heterocycles. The number of nitriles is 1. The minimum Gasteiger partial charge on any atom is -0.313 e. The molecule has 11 heavy (non-hydrogen) atoms. The minimum absolute atomic E-state index is 0.0665. The minimum atomic E-state index is -2.84. The summed E-state index contributed by atoms with van der Waals surface area (Å²) in [6, 6.07) is 2.10. The SMILES string of the molecule is CC(I)C(C)(C#N)[Si](C)(C)F. The van der Waals surface area contributed by atoms with Crippen LogP contribution in [0.4, 0.5) is 4.11 Å². The second kappa shape index (κ2) is 3.40. The van der Waals surface area contributed by atoms with Crippen molar-refractivity contribution in [3.63, 3.8) is 0 Å². The van der Waals surface area contributed by atoms with E-state index in [1.807, 2.05) is 6.92 Å². The van der Waals surface area contributed by atoms with E-state index in [0.29, 0.717) is 0 Å². The molecule has 0 saturated carbocycles. The third kappa shape index (κ3) is 2.15. The molecule has 0 bridgehead atoms. The second-order valence-electron chi connectivity index (χ2n) is 3.40. The van der Waals surface area contributed by atoms with Gasteiger partial charge in [0.1, 0.15) is 0 Å². The van der Waals surface area contributed by atoms with Gasteiger partial charge in [-0.2, -0.15) is 5.26 Å². The lowest BCUT2D eigenvalue weighted by molar-refractivity contribution is 0.641. The van der Waals surface area contributed by atoms with Crippen molar-refractivity contribution >= 4 is 31.0 Å². The molecular weight excluding hydrogens is 272 g/mol. The molecule has 0 rings (SSSR count). The van der Waals surface area contributed by atoms with Crippen LogP contribution in [-0.4, -0.2) is 12.3 Å². The van der Waals surface area contributed by atoms with Crippen molar-refractivity contribution in [3.8, 4) is 6.07 Å². The molecule has 0 amide bonds. The van der Waals surface area contributed by atoms with Gasteiger partial charge in [-0.05, 0) is 20.0 Å². The van der Waals surface area contributed by atoms with Crippen LogP contribution in [0.3, 0.4) is 0 Å². The van der Waals surface area contributed by atoms with Crippen molar-refractivity contribution in [3.05, 3.63) is 0 Å².